The molecule has 0 radical (unpaired) electrons. The first-order valence-electron chi connectivity index (χ1n) is 7.96. The van der Waals surface area contributed by atoms with Gasteiger partial charge in [-0.05, 0) is 77.4 Å². The van der Waals surface area contributed by atoms with Gasteiger partial charge in [0, 0.05) is 9.35 Å². The van der Waals surface area contributed by atoms with E-state index in [4.69, 9.17) is 0 Å². The fourth-order valence-corrected chi connectivity index (χ4v) is 6.01. The number of nitrogens with one attached hydrogen (secondary N) is 2. The van der Waals surface area contributed by atoms with Crippen molar-refractivity contribution in [1.29, 1.82) is 0 Å². The van der Waals surface area contributed by atoms with E-state index < -0.39 is 15.9 Å². The highest BCUT2D eigenvalue weighted by atomic mass is 79.9. The fourth-order valence-electron chi connectivity index (χ4n) is 2.87. The normalized spacial score (nSPS) is 17.2. The number of sulfonamides is 1. The Hall–Kier alpha value is -1.22. The zero-order valence-electron chi connectivity index (χ0n) is 13.9. The van der Waals surface area contributed by atoms with Crippen LogP contribution in [0.2, 0.25) is 0 Å². The summed E-state index contributed by atoms with van der Waals surface area (Å²) >= 11 is 4.69. The van der Waals surface area contributed by atoms with Crippen molar-refractivity contribution in [2.24, 2.45) is 5.92 Å². The van der Waals surface area contributed by atoms with Gasteiger partial charge < -0.3 is 0 Å². The molecule has 0 bridgehead atoms. The molecule has 1 aliphatic carbocycles. The highest BCUT2D eigenvalue weighted by molar-refractivity contribution is 9.10. The van der Waals surface area contributed by atoms with E-state index in [1.54, 1.807) is 12.1 Å². The van der Waals surface area contributed by atoms with Crippen molar-refractivity contribution in [2.45, 2.75) is 38.0 Å². The lowest BCUT2D eigenvalue weighted by atomic mass is 9.90. The van der Waals surface area contributed by atoms with Crippen LogP contribution in [0.25, 0.3) is 0 Å². The largest absolute Gasteiger partial charge is 0.276 e. The van der Waals surface area contributed by atoms with E-state index in [2.05, 4.69) is 33.1 Å². The molecule has 0 saturated carbocycles. The molecular formula is C17H19BrN2O3S2. The Balaban J connectivity index is 1.71. The Morgan fingerprint density at radius 2 is 2.08 bits per heavy atom. The van der Waals surface area contributed by atoms with Gasteiger partial charge >= 0.3 is 0 Å². The average molecular weight is 443 g/mol. The lowest BCUT2D eigenvalue weighted by Crippen LogP contribution is -2.41. The minimum atomic E-state index is -3.85. The Morgan fingerprint density at radius 3 is 2.80 bits per heavy atom. The number of amides is 1. The maximum Gasteiger partial charge on any atom is 0.276 e. The predicted octanol–water partition coefficient (Wildman–Crippen LogP) is 3.57. The summed E-state index contributed by atoms with van der Waals surface area (Å²) in [6.07, 6.45) is 3.08. The second kappa shape index (κ2) is 7.19. The summed E-state index contributed by atoms with van der Waals surface area (Å²) < 4.78 is 25.2. The Labute approximate surface area is 160 Å². The van der Waals surface area contributed by atoms with Crippen LogP contribution in [0.5, 0.6) is 0 Å². The minimum Gasteiger partial charge on any atom is -0.273 e. The predicted molar refractivity (Wildman–Crippen MR) is 102 cm³/mol. The van der Waals surface area contributed by atoms with Crippen LogP contribution in [0.15, 0.2) is 33.6 Å². The number of rotatable bonds is 4. The molecule has 0 saturated heterocycles. The molecular weight excluding hydrogens is 424 g/mol. The van der Waals surface area contributed by atoms with Crippen molar-refractivity contribution in [2.75, 3.05) is 0 Å². The van der Waals surface area contributed by atoms with Crippen LogP contribution in [0.1, 0.15) is 39.0 Å². The molecule has 3 rings (SSSR count). The maximum atomic E-state index is 12.4. The van der Waals surface area contributed by atoms with Gasteiger partial charge in [-0.15, -0.1) is 16.2 Å². The molecule has 0 aliphatic heterocycles. The monoisotopic (exact) mass is 442 g/mol. The van der Waals surface area contributed by atoms with Gasteiger partial charge in [0.2, 0.25) is 0 Å². The smallest absolute Gasteiger partial charge is 0.273 e. The van der Waals surface area contributed by atoms with Crippen molar-refractivity contribution in [1.82, 2.24) is 10.3 Å². The van der Waals surface area contributed by atoms with Crippen LogP contribution >= 0.6 is 27.3 Å². The van der Waals surface area contributed by atoms with Crippen molar-refractivity contribution in [3.63, 3.8) is 0 Å². The molecule has 1 atom stereocenters. The number of carbonyl (C=O) groups is 1. The van der Waals surface area contributed by atoms with Gasteiger partial charge in [0.1, 0.15) is 0 Å². The van der Waals surface area contributed by atoms with Crippen molar-refractivity contribution < 1.29 is 13.2 Å². The van der Waals surface area contributed by atoms with E-state index in [1.165, 1.54) is 27.8 Å². The summed E-state index contributed by atoms with van der Waals surface area (Å²) in [5, 5.41) is 0. The van der Waals surface area contributed by atoms with Crippen LogP contribution in [0, 0.1) is 12.8 Å². The highest BCUT2D eigenvalue weighted by Crippen LogP contribution is 2.32. The second-order valence-corrected chi connectivity index (χ2v) is 10.0. The molecule has 0 fully saturated rings. The van der Waals surface area contributed by atoms with Crippen molar-refractivity contribution in [3.05, 3.63) is 49.6 Å². The fraction of sp³-hybridized carbons (Fsp3) is 0.353. The van der Waals surface area contributed by atoms with E-state index in [9.17, 15) is 13.2 Å². The van der Waals surface area contributed by atoms with Gasteiger partial charge in [-0.1, -0.05) is 13.0 Å². The number of aryl methyl sites for hydroxylation is 2. The number of halogens is 1. The van der Waals surface area contributed by atoms with E-state index in [0.717, 1.165) is 24.8 Å². The Bertz CT molecular complexity index is 922. The van der Waals surface area contributed by atoms with E-state index in [1.807, 2.05) is 13.0 Å². The molecule has 1 heterocycles. The van der Waals surface area contributed by atoms with Crippen LogP contribution in [0.4, 0.5) is 0 Å². The molecule has 1 amide bonds. The van der Waals surface area contributed by atoms with Crippen LogP contribution in [0.3, 0.4) is 0 Å². The highest BCUT2D eigenvalue weighted by Gasteiger charge is 2.22. The zero-order valence-corrected chi connectivity index (χ0v) is 17.1. The van der Waals surface area contributed by atoms with E-state index >= 15 is 0 Å². The lowest BCUT2D eigenvalue weighted by molar-refractivity contribution is 0.0949. The minimum absolute atomic E-state index is 0.0812. The topological polar surface area (TPSA) is 75.3 Å². The Morgan fingerprint density at radius 1 is 1.32 bits per heavy atom. The molecule has 1 unspecified atom stereocenters. The standard InChI is InChI=1S/C17H19BrN2O3S2/c1-10-3-5-14-12(7-10)9-15(24-14)17(21)19-20-25(22,23)16-6-4-11(2)8-13(16)18/h4,6,8-10,20H,3,5,7H2,1-2H3,(H,19,21). The second-order valence-electron chi connectivity index (χ2n) is 6.40. The molecule has 2 N–H and O–H groups in total. The van der Waals surface area contributed by atoms with Crippen molar-refractivity contribution in [3.8, 4) is 0 Å². The third-order valence-electron chi connectivity index (χ3n) is 4.23. The van der Waals surface area contributed by atoms with Crippen molar-refractivity contribution >= 4 is 43.2 Å². The molecule has 1 aromatic carbocycles. The van der Waals surface area contributed by atoms with Gasteiger partial charge in [0.15, 0.2) is 0 Å². The molecule has 0 spiro atoms. The van der Waals surface area contributed by atoms with Crippen LogP contribution < -0.4 is 10.3 Å². The number of hydrogen-bond donors (Lipinski definition) is 2. The summed E-state index contributed by atoms with van der Waals surface area (Å²) in [7, 11) is -3.85. The lowest BCUT2D eigenvalue weighted by Gasteiger charge is -2.16. The molecule has 8 heteroatoms. The molecule has 5 nitrogen and oxygen atoms in total. The summed E-state index contributed by atoms with van der Waals surface area (Å²) in [4.78, 5) is 16.3. The van der Waals surface area contributed by atoms with E-state index in [-0.39, 0.29) is 4.90 Å². The average Bonchev–Trinajstić information content (AvgIpc) is 2.95. The van der Waals surface area contributed by atoms with Gasteiger partial charge in [0.05, 0.1) is 9.77 Å². The SMILES string of the molecule is Cc1ccc(S(=O)(=O)NNC(=O)c2cc3c(s2)CCC(C)C3)c(Br)c1. The first kappa shape index (κ1) is 18.6. The molecule has 2 aromatic rings. The summed E-state index contributed by atoms with van der Waals surface area (Å²) in [6, 6.07) is 6.79. The first-order valence-corrected chi connectivity index (χ1v) is 11.1. The molecule has 1 aromatic heterocycles. The number of hydrogen-bond acceptors (Lipinski definition) is 4. The number of carbonyl (C=O) groups excluding carboxylic acids is 1. The number of fused-ring (bicyclic) bond motifs is 1. The number of hydrazine groups is 1. The van der Waals surface area contributed by atoms with E-state index in [0.29, 0.717) is 15.3 Å². The quantitative estimate of drug-likeness (QED) is 0.710. The third kappa shape index (κ3) is 4.13. The van der Waals surface area contributed by atoms with Crippen LogP contribution in [-0.4, -0.2) is 14.3 Å². The van der Waals surface area contributed by atoms with Gasteiger partial charge in [-0.2, -0.15) is 0 Å². The zero-order chi connectivity index (χ0) is 18.2. The number of benzene rings is 1. The summed E-state index contributed by atoms with van der Waals surface area (Å²) in [5.41, 5.74) is 4.46. The van der Waals surface area contributed by atoms with Gasteiger partial charge in [-0.25, -0.2) is 8.42 Å². The summed E-state index contributed by atoms with van der Waals surface area (Å²) in [6.45, 7) is 4.07. The third-order valence-corrected chi connectivity index (χ3v) is 7.69. The number of thiophene rings is 1. The van der Waals surface area contributed by atoms with Gasteiger partial charge in [-0.3, -0.25) is 10.2 Å². The van der Waals surface area contributed by atoms with Crippen LogP contribution in [-0.2, 0) is 22.9 Å². The van der Waals surface area contributed by atoms with Gasteiger partial charge in [0.25, 0.3) is 15.9 Å². The first-order chi connectivity index (χ1) is 11.8. The molecule has 134 valence electrons. The molecule has 1 aliphatic rings. The Kier molecular flexibility index (Phi) is 5.34. The molecule has 25 heavy (non-hydrogen) atoms. The maximum absolute atomic E-state index is 12.4. The summed E-state index contributed by atoms with van der Waals surface area (Å²) in [5.74, 6) is 0.189.